The third kappa shape index (κ3) is 8.36. The highest BCUT2D eigenvalue weighted by Crippen LogP contribution is 2.54. The zero-order valence-corrected chi connectivity index (χ0v) is 30.6. The number of esters is 2. The summed E-state index contributed by atoms with van der Waals surface area (Å²) in [6.07, 6.45) is 2.46. The number of likely N-dealkylation sites (tertiary alicyclic amines) is 1. The van der Waals surface area contributed by atoms with E-state index in [0.717, 1.165) is 11.1 Å². The topological polar surface area (TPSA) is 167 Å². The number of piperidine rings is 1. The second kappa shape index (κ2) is 17.3. The van der Waals surface area contributed by atoms with Crippen LogP contribution in [0.2, 0.25) is 0 Å². The van der Waals surface area contributed by atoms with Gasteiger partial charge in [-0.3, -0.25) is 4.79 Å². The van der Waals surface area contributed by atoms with Crippen molar-refractivity contribution in [3.63, 3.8) is 0 Å². The van der Waals surface area contributed by atoms with Gasteiger partial charge in [0.2, 0.25) is 5.89 Å². The van der Waals surface area contributed by atoms with E-state index >= 15 is 0 Å². The number of amides is 1. The molecular formula is C41H44N4O9. The first kappa shape index (κ1) is 37.9. The molecule has 13 nitrogen and oxygen atoms in total. The van der Waals surface area contributed by atoms with Crippen LogP contribution < -0.4 is 4.74 Å². The average molecular weight is 737 g/mol. The van der Waals surface area contributed by atoms with Gasteiger partial charge in [0.15, 0.2) is 18.7 Å². The SMILES string of the molecule is CCOC(=O)c1nnc(C(Cc2ccccc2)C(C)(c2ccccc2OCC(=O)N2CCC(O)CC2)C(Cc2ccccc2)c2ocnc2C(=O)OC)o1. The van der Waals surface area contributed by atoms with Gasteiger partial charge in [-0.1, -0.05) is 85.8 Å². The molecular weight excluding hydrogens is 692 g/mol. The highest BCUT2D eigenvalue weighted by Gasteiger charge is 2.51. The normalized spacial score (nSPS) is 15.5. The molecule has 1 aliphatic rings. The summed E-state index contributed by atoms with van der Waals surface area (Å²) < 4.78 is 29.1. The summed E-state index contributed by atoms with van der Waals surface area (Å²) in [5.41, 5.74) is 1.34. The van der Waals surface area contributed by atoms with Crippen LogP contribution in [-0.4, -0.2) is 82.6 Å². The molecule has 1 saturated heterocycles. The number of hydrogen-bond donors (Lipinski definition) is 1. The minimum atomic E-state index is -1.17. The van der Waals surface area contributed by atoms with Crippen molar-refractivity contribution in [3.8, 4) is 5.75 Å². The van der Waals surface area contributed by atoms with Crippen LogP contribution in [0.4, 0.5) is 0 Å². The molecule has 5 aromatic rings. The van der Waals surface area contributed by atoms with E-state index in [0.29, 0.717) is 50.1 Å². The maximum Gasteiger partial charge on any atom is 0.396 e. The second-order valence-electron chi connectivity index (χ2n) is 13.4. The van der Waals surface area contributed by atoms with Crippen molar-refractivity contribution >= 4 is 17.8 Å². The number of oxazole rings is 1. The van der Waals surface area contributed by atoms with Crippen LogP contribution in [0.1, 0.15) is 88.0 Å². The molecule has 1 aliphatic heterocycles. The number of aromatic nitrogens is 3. The van der Waals surface area contributed by atoms with Crippen LogP contribution in [0.3, 0.4) is 0 Å². The van der Waals surface area contributed by atoms with Crippen molar-refractivity contribution in [1.29, 1.82) is 0 Å². The minimum absolute atomic E-state index is 0.00159. The Bertz CT molecular complexity index is 2010. The van der Waals surface area contributed by atoms with Gasteiger partial charge in [0.1, 0.15) is 11.5 Å². The van der Waals surface area contributed by atoms with Crippen LogP contribution >= 0.6 is 0 Å². The summed E-state index contributed by atoms with van der Waals surface area (Å²) in [7, 11) is 1.28. The van der Waals surface area contributed by atoms with E-state index in [2.05, 4.69) is 15.2 Å². The molecule has 1 fully saturated rings. The lowest BCUT2D eigenvalue weighted by Gasteiger charge is -2.43. The molecule has 0 saturated carbocycles. The van der Waals surface area contributed by atoms with E-state index in [4.69, 9.17) is 23.0 Å². The number of hydrogen-bond acceptors (Lipinski definition) is 12. The molecule has 3 aromatic carbocycles. The van der Waals surface area contributed by atoms with Crippen LogP contribution in [-0.2, 0) is 32.5 Å². The van der Waals surface area contributed by atoms with E-state index < -0.39 is 35.3 Å². The smallest absolute Gasteiger partial charge is 0.396 e. The van der Waals surface area contributed by atoms with Crippen LogP contribution in [0.25, 0.3) is 0 Å². The average Bonchev–Trinajstić information content (AvgIpc) is 3.90. The Morgan fingerprint density at radius 2 is 1.52 bits per heavy atom. The molecule has 1 N–H and O–H groups in total. The Labute approximate surface area is 313 Å². The molecule has 2 aromatic heterocycles. The van der Waals surface area contributed by atoms with Crippen molar-refractivity contribution in [2.75, 3.05) is 33.4 Å². The number of methoxy groups -OCH3 is 1. The van der Waals surface area contributed by atoms with Crippen LogP contribution in [0.5, 0.6) is 5.75 Å². The predicted octanol–water partition coefficient (Wildman–Crippen LogP) is 5.69. The highest BCUT2D eigenvalue weighted by atomic mass is 16.5. The Kier molecular flexibility index (Phi) is 12.2. The maximum absolute atomic E-state index is 13.4. The lowest BCUT2D eigenvalue weighted by molar-refractivity contribution is -0.135. The number of nitrogens with zero attached hydrogens (tertiary/aromatic N) is 4. The van der Waals surface area contributed by atoms with Crippen molar-refractivity contribution in [2.45, 2.75) is 62.9 Å². The number of carbonyl (C=O) groups excluding carboxylic acids is 3. The zero-order chi connectivity index (χ0) is 38.1. The standard InChI is InChI=1S/C41H44N4O9/c1-4-51-40(49)38-44-43-37(54-38)32(24-28-15-9-6-10-16-28)41(2,30-17-11-12-18-33(30)52-25-34(47)45-21-19-29(46)20-22-45)31(23-27-13-7-5-8-14-27)36-35(39(48)50-3)42-26-53-36/h5-18,26,29,31-32,46H,4,19-25H2,1-3H3. The summed E-state index contributed by atoms with van der Waals surface area (Å²) in [6, 6.07) is 26.9. The molecule has 6 rings (SSSR count). The molecule has 0 spiro atoms. The van der Waals surface area contributed by atoms with Gasteiger partial charge in [-0.15, -0.1) is 10.2 Å². The summed E-state index contributed by atoms with van der Waals surface area (Å²) in [6.45, 7) is 4.42. The van der Waals surface area contributed by atoms with E-state index in [1.165, 1.54) is 13.5 Å². The Morgan fingerprint density at radius 1 is 0.889 bits per heavy atom. The molecule has 13 heteroatoms. The molecule has 54 heavy (non-hydrogen) atoms. The monoisotopic (exact) mass is 736 g/mol. The van der Waals surface area contributed by atoms with Gasteiger partial charge >= 0.3 is 17.8 Å². The number of carbonyl (C=O) groups is 3. The van der Waals surface area contributed by atoms with Crippen molar-refractivity contribution in [3.05, 3.63) is 131 Å². The summed E-state index contributed by atoms with van der Waals surface area (Å²) in [5, 5.41) is 18.6. The zero-order valence-electron chi connectivity index (χ0n) is 30.6. The maximum atomic E-state index is 13.4. The number of ether oxygens (including phenoxy) is 3. The molecule has 0 bridgehead atoms. The number of benzene rings is 3. The first-order valence-corrected chi connectivity index (χ1v) is 18.0. The Hall–Kier alpha value is -5.82. The number of para-hydroxylation sites is 1. The summed E-state index contributed by atoms with van der Waals surface area (Å²) in [4.78, 5) is 45.6. The largest absolute Gasteiger partial charge is 0.483 e. The summed E-state index contributed by atoms with van der Waals surface area (Å²) in [5.74, 6) is -2.53. The summed E-state index contributed by atoms with van der Waals surface area (Å²) >= 11 is 0. The Morgan fingerprint density at radius 3 is 2.17 bits per heavy atom. The molecule has 0 radical (unpaired) electrons. The molecule has 282 valence electrons. The van der Waals surface area contributed by atoms with Crippen molar-refractivity contribution < 1.29 is 42.5 Å². The first-order valence-electron chi connectivity index (χ1n) is 18.0. The lowest BCUT2D eigenvalue weighted by atomic mass is 9.59. The van der Waals surface area contributed by atoms with Crippen molar-refractivity contribution in [1.82, 2.24) is 20.1 Å². The van der Waals surface area contributed by atoms with E-state index in [9.17, 15) is 19.5 Å². The minimum Gasteiger partial charge on any atom is -0.483 e. The second-order valence-corrected chi connectivity index (χ2v) is 13.4. The molecule has 3 unspecified atom stereocenters. The highest BCUT2D eigenvalue weighted by molar-refractivity contribution is 5.88. The van der Waals surface area contributed by atoms with E-state index in [1.54, 1.807) is 17.9 Å². The fourth-order valence-electron chi connectivity index (χ4n) is 7.24. The van der Waals surface area contributed by atoms with Gasteiger partial charge in [-0.05, 0) is 49.8 Å². The molecule has 3 heterocycles. The van der Waals surface area contributed by atoms with E-state index in [1.807, 2.05) is 85.8 Å². The number of rotatable bonds is 15. The van der Waals surface area contributed by atoms with Gasteiger partial charge in [0, 0.05) is 30.0 Å². The van der Waals surface area contributed by atoms with Gasteiger partial charge in [-0.25, -0.2) is 14.6 Å². The third-order valence-corrected chi connectivity index (χ3v) is 10.1. The first-order chi connectivity index (χ1) is 26.2. The molecule has 0 aliphatic carbocycles. The fourth-order valence-corrected chi connectivity index (χ4v) is 7.24. The van der Waals surface area contributed by atoms with E-state index in [-0.39, 0.29) is 42.4 Å². The quantitative estimate of drug-likeness (QED) is 0.131. The molecule has 1 amide bonds. The van der Waals surface area contributed by atoms with Gasteiger partial charge in [0.05, 0.1) is 25.7 Å². The third-order valence-electron chi connectivity index (χ3n) is 10.1. The van der Waals surface area contributed by atoms with Crippen molar-refractivity contribution in [2.24, 2.45) is 0 Å². The molecule has 3 atom stereocenters. The fraction of sp³-hybridized carbons (Fsp3) is 0.366. The predicted molar refractivity (Wildman–Crippen MR) is 195 cm³/mol. The number of aliphatic hydroxyl groups is 1. The van der Waals surface area contributed by atoms with Gasteiger partial charge in [-0.2, -0.15) is 0 Å². The Balaban J connectivity index is 1.56. The van der Waals surface area contributed by atoms with Crippen LogP contribution in [0, 0.1) is 0 Å². The van der Waals surface area contributed by atoms with Gasteiger partial charge < -0.3 is 33.1 Å². The number of aliphatic hydroxyl groups excluding tert-OH is 1. The lowest BCUT2D eigenvalue weighted by Crippen LogP contribution is -2.43. The van der Waals surface area contributed by atoms with Crippen LogP contribution in [0.15, 0.2) is 100 Å². The van der Waals surface area contributed by atoms with Gasteiger partial charge in [0.25, 0.3) is 5.91 Å².